The van der Waals surface area contributed by atoms with Gasteiger partial charge in [-0.25, -0.2) is 4.98 Å². The van der Waals surface area contributed by atoms with Crippen LogP contribution in [-0.4, -0.2) is 19.9 Å². The Hall–Kier alpha value is -2.40. The summed E-state index contributed by atoms with van der Waals surface area (Å²) in [5, 5.41) is 18.1. The Morgan fingerprint density at radius 3 is 2.76 bits per heavy atom. The molecular formula is C16H18N4O. The molecule has 0 spiro atoms. The highest BCUT2D eigenvalue weighted by Crippen LogP contribution is 2.21. The Morgan fingerprint density at radius 2 is 2.05 bits per heavy atom. The van der Waals surface area contributed by atoms with Gasteiger partial charge in [0.15, 0.2) is 0 Å². The van der Waals surface area contributed by atoms with Gasteiger partial charge in [-0.05, 0) is 19.1 Å². The second-order valence-electron chi connectivity index (χ2n) is 5.08. The lowest BCUT2D eigenvalue weighted by Gasteiger charge is -2.11. The molecule has 0 bridgehead atoms. The Morgan fingerprint density at radius 1 is 1.24 bits per heavy atom. The van der Waals surface area contributed by atoms with Crippen LogP contribution in [0.15, 0.2) is 36.5 Å². The summed E-state index contributed by atoms with van der Waals surface area (Å²) in [6.07, 6.45) is 1.85. The summed E-state index contributed by atoms with van der Waals surface area (Å²) in [4.78, 5) is 4.60. The summed E-state index contributed by atoms with van der Waals surface area (Å²) in [5.74, 6) is 0.722. The highest BCUT2D eigenvalue weighted by Gasteiger charge is 2.08. The largest absolute Gasteiger partial charge is 0.392 e. The van der Waals surface area contributed by atoms with Crippen LogP contribution in [0.5, 0.6) is 0 Å². The second-order valence-corrected chi connectivity index (χ2v) is 5.08. The van der Waals surface area contributed by atoms with Gasteiger partial charge in [-0.3, -0.25) is 4.68 Å². The molecule has 0 saturated heterocycles. The molecule has 0 aliphatic carbocycles. The first kappa shape index (κ1) is 13.6. The van der Waals surface area contributed by atoms with E-state index in [4.69, 9.17) is 0 Å². The van der Waals surface area contributed by atoms with Crippen LogP contribution in [0, 0.1) is 6.92 Å². The van der Waals surface area contributed by atoms with Gasteiger partial charge in [0.05, 0.1) is 18.3 Å². The monoisotopic (exact) mass is 282 g/mol. The fourth-order valence-electron chi connectivity index (χ4n) is 2.33. The first-order valence-corrected chi connectivity index (χ1v) is 6.90. The lowest BCUT2D eigenvalue weighted by molar-refractivity contribution is 0.282. The van der Waals surface area contributed by atoms with Crippen molar-refractivity contribution in [1.29, 1.82) is 0 Å². The van der Waals surface area contributed by atoms with Gasteiger partial charge in [-0.15, -0.1) is 0 Å². The van der Waals surface area contributed by atoms with E-state index in [0.717, 1.165) is 33.5 Å². The Labute approximate surface area is 123 Å². The maximum absolute atomic E-state index is 9.54. The number of hydrogen-bond acceptors (Lipinski definition) is 4. The molecular weight excluding hydrogens is 264 g/mol. The normalized spacial score (nSPS) is 11.0. The number of nitrogens with one attached hydrogen (secondary N) is 1. The molecule has 0 radical (unpaired) electrons. The topological polar surface area (TPSA) is 63.0 Å². The number of aliphatic hydroxyl groups excluding tert-OH is 1. The molecule has 3 rings (SSSR count). The van der Waals surface area contributed by atoms with Crippen LogP contribution in [0.2, 0.25) is 0 Å². The molecule has 21 heavy (non-hydrogen) atoms. The molecule has 5 nitrogen and oxygen atoms in total. The molecule has 2 N–H and O–H groups in total. The molecule has 2 aromatic heterocycles. The highest BCUT2D eigenvalue weighted by molar-refractivity contribution is 5.81. The number of anilines is 1. The summed E-state index contributed by atoms with van der Waals surface area (Å²) in [6.45, 7) is 2.63. The van der Waals surface area contributed by atoms with Crippen LogP contribution in [0.25, 0.3) is 10.9 Å². The number of fused-ring (bicyclic) bond motifs is 1. The van der Waals surface area contributed by atoms with Crippen LogP contribution < -0.4 is 5.32 Å². The minimum Gasteiger partial charge on any atom is -0.392 e. The Kier molecular flexibility index (Phi) is 3.58. The third kappa shape index (κ3) is 2.60. The van der Waals surface area contributed by atoms with Crippen molar-refractivity contribution < 1.29 is 5.11 Å². The molecule has 108 valence electrons. The van der Waals surface area contributed by atoms with Crippen LogP contribution in [0.4, 0.5) is 5.82 Å². The second kappa shape index (κ2) is 5.54. The molecule has 5 heteroatoms. The summed E-state index contributed by atoms with van der Waals surface area (Å²) in [6, 6.07) is 9.87. The molecule has 2 heterocycles. The van der Waals surface area contributed by atoms with Gasteiger partial charge in [0.2, 0.25) is 0 Å². The predicted octanol–water partition coefficient (Wildman–Crippen LogP) is 2.38. The highest BCUT2D eigenvalue weighted by atomic mass is 16.3. The quantitative estimate of drug-likeness (QED) is 0.771. The van der Waals surface area contributed by atoms with Gasteiger partial charge >= 0.3 is 0 Å². The average molecular weight is 282 g/mol. The summed E-state index contributed by atoms with van der Waals surface area (Å²) >= 11 is 0. The van der Waals surface area contributed by atoms with E-state index in [-0.39, 0.29) is 6.61 Å². The number of pyridine rings is 1. The number of benzene rings is 1. The van der Waals surface area contributed by atoms with Gasteiger partial charge in [0.25, 0.3) is 0 Å². The van der Waals surface area contributed by atoms with Gasteiger partial charge in [-0.1, -0.05) is 18.2 Å². The third-order valence-corrected chi connectivity index (χ3v) is 3.76. The van der Waals surface area contributed by atoms with E-state index in [1.54, 1.807) is 0 Å². The van der Waals surface area contributed by atoms with Crippen LogP contribution in [-0.2, 0) is 20.2 Å². The van der Waals surface area contributed by atoms with Crippen molar-refractivity contribution in [3.05, 3.63) is 53.3 Å². The molecule has 0 aliphatic heterocycles. The van der Waals surface area contributed by atoms with E-state index < -0.39 is 0 Å². The van der Waals surface area contributed by atoms with E-state index in [1.165, 1.54) is 0 Å². The Balaban J connectivity index is 1.90. The van der Waals surface area contributed by atoms with Crippen molar-refractivity contribution in [3.63, 3.8) is 0 Å². The fourth-order valence-corrected chi connectivity index (χ4v) is 2.33. The Bertz CT molecular complexity index is 779. The SMILES string of the molecule is Cc1c(CNc2nc3ccccc3cc2CO)cnn1C. The van der Waals surface area contributed by atoms with Crippen molar-refractivity contribution in [3.8, 4) is 0 Å². The van der Waals surface area contributed by atoms with Crippen molar-refractivity contribution in [1.82, 2.24) is 14.8 Å². The summed E-state index contributed by atoms with van der Waals surface area (Å²) in [5.41, 5.74) is 3.96. The van der Waals surface area contributed by atoms with Gasteiger partial charge in [-0.2, -0.15) is 5.10 Å². The minimum absolute atomic E-state index is 0.0355. The number of aromatic nitrogens is 3. The van der Waals surface area contributed by atoms with Gasteiger partial charge < -0.3 is 10.4 Å². The lowest BCUT2D eigenvalue weighted by atomic mass is 10.1. The maximum Gasteiger partial charge on any atom is 0.132 e. The number of nitrogens with zero attached hydrogens (tertiary/aromatic N) is 3. The smallest absolute Gasteiger partial charge is 0.132 e. The van der Waals surface area contributed by atoms with E-state index >= 15 is 0 Å². The number of rotatable bonds is 4. The van der Waals surface area contributed by atoms with E-state index in [0.29, 0.717) is 6.54 Å². The molecule has 0 aliphatic rings. The van der Waals surface area contributed by atoms with Gasteiger partial charge in [0.1, 0.15) is 5.82 Å². The molecule has 1 aromatic carbocycles. The number of hydrogen-bond donors (Lipinski definition) is 2. The van der Waals surface area contributed by atoms with Crippen molar-refractivity contribution in [2.24, 2.45) is 7.05 Å². The number of para-hydroxylation sites is 1. The molecule has 0 amide bonds. The summed E-state index contributed by atoms with van der Waals surface area (Å²) in [7, 11) is 1.92. The lowest BCUT2D eigenvalue weighted by Crippen LogP contribution is -2.06. The molecule has 3 aromatic rings. The zero-order valence-electron chi connectivity index (χ0n) is 12.2. The van der Waals surface area contributed by atoms with E-state index in [2.05, 4.69) is 15.4 Å². The average Bonchev–Trinajstić information content (AvgIpc) is 2.83. The first-order valence-electron chi connectivity index (χ1n) is 6.90. The van der Waals surface area contributed by atoms with E-state index in [9.17, 15) is 5.11 Å². The zero-order valence-corrected chi connectivity index (χ0v) is 12.2. The van der Waals surface area contributed by atoms with E-state index in [1.807, 2.05) is 55.2 Å². The van der Waals surface area contributed by atoms with Crippen molar-refractivity contribution >= 4 is 16.7 Å². The summed E-state index contributed by atoms with van der Waals surface area (Å²) < 4.78 is 1.85. The van der Waals surface area contributed by atoms with Crippen LogP contribution in [0.1, 0.15) is 16.8 Å². The van der Waals surface area contributed by atoms with Crippen LogP contribution in [0.3, 0.4) is 0 Å². The van der Waals surface area contributed by atoms with Gasteiger partial charge in [0, 0.05) is 35.8 Å². The molecule has 0 fully saturated rings. The predicted molar refractivity (Wildman–Crippen MR) is 82.9 cm³/mol. The van der Waals surface area contributed by atoms with Crippen molar-refractivity contribution in [2.45, 2.75) is 20.1 Å². The molecule has 0 atom stereocenters. The molecule has 0 saturated carbocycles. The fraction of sp³-hybridized carbons (Fsp3) is 0.250. The maximum atomic E-state index is 9.54. The minimum atomic E-state index is -0.0355. The standard InChI is InChI=1S/C16H18N4O/c1-11-14(9-18-20(11)2)8-17-16-13(10-21)7-12-5-3-4-6-15(12)19-16/h3-7,9,21H,8,10H2,1-2H3,(H,17,19). The van der Waals surface area contributed by atoms with Crippen LogP contribution >= 0.6 is 0 Å². The number of aliphatic hydroxyl groups is 1. The molecule has 0 unspecified atom stereocenters. The first-order chi connectivity index (χ1) is 10.2. The van der Waals surface area contributed by atoms with Crippen molar-refractivity contribution in [2.75, 3.05) is 5.32 Å². The number of aryl methyl sites for hydroxylation is 1. The zero-order chi connectivity index (χ0) is 14.8. The third-order valence-electron chi connectivity index (χ3n) is 3.76.